The maximum atomic E-state index is 5.97. The van der Waals surface area contributed by atoms with E-state index in [0.29, 0.717) is 6.10 Å². The largest absolute Gasteiger partial charge is 0.459 e. The van der Waals surface area contributed by atoms with Gasteiger partial charge in [-0.15, -0.1) is 0 Å². The van der Waals surface area contributed by atoms with Gasteiger partial charge >= 0.3 is 0 Å². The summed E-state index contributed by atoms with van der Waals surface area (Å²) < 4.78 is 8.24. The topological polar surface area (TPSA) is 30.3 Å². The SMILES string of the molecule is CCCCCCC1Cn2c(nc3c2CN(C)C=C3)O1. The van der Waals surface area contributed by atoms with Crippen molar-refractivity contribution in [2.75, 3.05) is 7.05 Å². The van der Waals surface area contributed by atoms with Crippen molar-refractivity contribution in [3.8, 4) is 6.01 Å². The number of nitrogens with zero attached hydrogens (tertiary/aromatic N) is 3. The summed E-state index contributed by atoms with van der Waals surface area (Å²) in [5.74, 6) is 0. The number of ether oxygens (including phenoxy) is 1. The molecule has 2 aliphatic heterocycles. The predicted molar refractivity (Wildman–Crippen MR) is 75.9 cm³/mol. The van der Waals surface area contributed by atoms with E-state index < -0.39 is 0 Å². The lowest BCUT2D eigenvalue weighted by Crippen LogP contribution is -2.20. The highest BCUT2D eigenvalue weighted by molar-refractivity contribution is 5.51. The molecule has 0 aromatic carbocycles. The van der Waals surface area contributed by atoms with Crippen LogP contribution in [0.4, 0.5) is 0 Å². The highest BCUT2D eigenvalue weighted by Crippen LogP contribution is 2.30. The Morgan fingerprint density at radius 3 is 3.11 bits per heavy atom. The summed E-state index contributed by atoms with van der Waals surface area (Å²) in [6.07, 6.45) is 10.9. The average molecular weight is 261 g/mol. The molecule has 0 bridgehead atoms. The van der Waals surface area contributed by atoms with E-state index in [0.717, 1.165) is 31.2 Å². The van der Waals surface area contributed by atoms with Gasteiger partial charge in [0, 0.05) is 13.2 Å². The van der Waals surface area contributed by atoms with E-state index in [1.54, 1.807) is 0 Å². The molecule has 1 aromatic heterocycles. The summed E-state index contributed by atoms with van der Waals surface area (Å²) >= 11 is 0. The molecule has 1 unspecified atom stereocenters. The second kappa shape index (κ2) is 5.27. The van der Waals surface area contributed by atoms with Crippen molar-refractivity contribution < 1.29 is 4.74 Å². The fourth-order valence-electron chi connectivity index (χ4n) is 2.89. The maximum absolute atomic E-state index is 5.97. The minimum Gasteiger partial charge on any atom is -0.459 e. The van der Waals surface area contributed by atoms with Gasteiger partial charge in [0.25, 0.3) is 6.01 Å². The molecule has 0 saturated carbocycles. The molecule has 0 spiro atoms. The van der Waals surface area contributed by atoms with Crippen LogP contribution in [-0.2, 0) is 13.1 Å². The molecular formula is C15H23N3O. The van der Waals surface area contributed by atoms with Crippen LogP contribution in [0.2, 0.25) is 0 Å². The van der Waals surface area contributed by atoms with E-state index in [4.69, 9.17) is 4.74 Å². The van der Waals surface area contributed by atoms with Crippen LogP contribution in [0, 0.1) is 0 Å². The first-order valence-electron chi connectivity index (χ1n) is 7.42. The molecule has 1 atom stereocenters. The van der Waals surface area contributed by atoms with Crippen LogP contribution in [0.1, 0.15) is 50.4 Å². The molecule has 19 heavy (non-hydrogen) atoms. The third-order valence-corrected chi connectivity index (χ3v) is 3.99. The number of unbranched alkanes of at least 4 members (excludes halogenated alkanes) is 3. The van der Waals surface area contributed by atoms with Crippen molar-refractivity contribution in [3.63, 3.8) is 0 Å². The molecule has 0 amide bonds. The van der Waals surface area contributed by atoms with E-state index >= 15 is 0 Å². The molecular weight excluding hydrogens is 238 g/mol. The second-order valence-electron chi connectivity index (χ2n) is 5.66. The molecule has 0 N–H and O–H groups in total. The van der Waals surface area contributed by atoms with Crippen LogP contribution < -0.4 is 4.74 Å². The van der Waals surface area contributed by atoms with E-state index in [-0.39, 0.29) is 0 Å². The second-order valence-corrected chi connectivity index (χ2v) is 5.66. The Labute approximate surface area is 115 Å². The number of hydrogen-bond donors (Lipinski definition) is 0. The molecule has 3 heterocycles. The monoisotopic (exact) mass is 261 g/mol. The Bertz CT molecular complexity index is 478. The molecule has 4 nitrogen and oxygen atoms in total. The number of aromatic nitrogens is 2. The summed E-state index contributed by atoms with van der Waals surface area (Å²) in [5, 5.41) is 0. The van der Waals surface area contributed by atoms with Crippen molar-refractivity contribution in [3.05, 3.63) is 17.6 Å². The van der Waals surface area contributed by atoms with E-state index in [9.17, 15) is 0 Å². The van der Waals surface area contributed by atoms with Gasteiger partial charge in [-0.3, -0.25) is 4.57 Å². The normalized spacial score (nSPS) is 20.3. The van der Waals surface area contributed by atoms with Crippen LogP contribution in [0.5, 0.6) is 6.01 Å². The van der Waals surface area contributed by atoms with Crippen molar-refractivity contribution in [2.45, 2.75) is 58.2 Å². The number of hydrogen-bond acceptors (Lipinski definition) is 3. The van der Waals surface area contributed by atoms with Crippen LogP contribution in [0.25, 0.3) is 6.08 Å². The Kier molecular flexibility index (Phi) is 3.49. The summed E-state index contributed by atoms with van der Waals surface area (Å²) in [7, 11) is 2.09. The minimum atomic E-state index is 0.334. The van der Waals surface area contributed by atoms with E-state index in [1.807, 2.05) is 0 Å². The zero-order chi connectivity index (χ0) is 13.2. The average Bonchev–Trinajstić information content (AvgIpc) is 2.92. The predicted octanol–water partition coefficient (Wildman–Crippen LogP) is 3.03. The highest BCUT2D eigenvalue weighted by Gasteiger charge is 2.29. The van der Waals surface area contributed by atoms with Gasteiger partial charge in [-0.2, -0.15) is 4.98 Å². The van der Waals surface area contributed by atoms with Gasteiger partial charge in [-0.1, -0.05) is 26.2 Å². The summed E-state index contributed by atoms with van der Waals surface area (Å²) in [6, 6.07) is 0.824. The highest BCUT2D eigenvalue weighted by atomic mass is 16.5. The molecule has 0 saturated heterocycles. The molecule has 1 aromatic rings. The first-order chi connectivity index (χ1) is 9.28. The Morgan fingerprint density at radius 1 is 1.37 bits per heavy atom. The quantitative estimate of drug-likeness (QED) is 0.763. The molecule has 0 aliphatic carbocycles. The van der Waals surface area contributed by atoms with Crippen LogP contribution in [0.15, 0.2) is 6.20 Å². The lowest BCUT2D eigenvalue weighted by atomic mass is 10.1. The number of rotatable bonds is 5. The lowest BCUT2D eigenvalue weighted by Gasteiger charge is -2.19. The zero-order valence-corrected chi connectivity index (χ0v) is 11.9. The third-order valence-electron chi connectivity index (χ3n) is 3.99. The van der Waals surface area contributed by atoms with Gasteiger partial charge in [-0.05, 0) is 18.9 Å². The van der Waals surface area contributed by atoms with E-state index in [1.165, 1.54) is 31.4 Å². The molecule has 3 rings (SSSR count). The van der Waals surface area contributed by atoms with Crippen LogP contribution in [0.3, 0.4) is 0 Å². The molecule has 4 heteroatoms. The molecule has 2 aliphatic rings. The van der Waals surface area contributed by atoms with Crippen LogP contribution in [-0.4, -0.2) is 27.6 Å². The molecule has 0 radical (unpaired) electrons. The number of imidazole rings is 1. The van der Waals surface area contributed by atoms with Crippen LogP contribution >= 0.6 is 0 Å². The summed E-state index contributed by atoms with van der Waals surface area (Å²) in [6.45, 7) is 4.16. The van der Waals surface area contributed by atoms with Gasteiger partial charge in [0.2, 0.25) is 0 Å². The van der Waals surface area contributed by atoms with Crippen molar-refractivity contribution in [2.24, 2.45) is 0 Å². The minimum absolute atomic E-state index is 0.334. The third kappa shape index (κ3) is 2.48. The van der Waals surface area contributed by atoms with E-state index in [2.05, 4.69) is 40.7 Å². The van der Waals surface area contributed by atoms with Crippen molar-refractivity contribution in [1.29, 1.82) is 0 Å². The first-order valence-corrected chi connectivity index (χ1v) is 7.42. The smallest absolute Gasteiger partial charge is 0.297 e. The maximum Gasteiger partial charge on any atom is 0.297 e. The zero-order valence-electron chi connectivity index (χ0n) is 11.9. The van der Waals surface area contributed by atoms with Crippen molar-refractivity contribution >= 4 is 6.08 Å². The standard InChI is InChI=1S/C15H23N3O/c1-3-4-5-6-7-12-10-18-14-11-17(2)9-8-13(14)16-15(18)19-12/h8-9,12H,3-7,10-11H2,1-2H3. The van der Waals surface area contributed by atoms with Gasteiger partial charge in [-0.25, -0.2) is 0 Å². The summed E-state index contributed by atoms with van der Waals surface area (Å²) in [5.41, 5.74) is 2.38. The van der Waals surface area contributed by atoms with Gasteiger partial charge in [0.1, 0.15) is 6.10 Å². The molecule has 104 valence electrons. The Balaban J connectivity index is 1.61. The number of fused-ring (bicyclic) bond motifs is 3. The van der Waals surface area contributed by atoms with Gasteiger partial charge in [0.05, 0.1) is 24.5 Å². The fourth-order valence-corrected chi connectivity index (χ4v) is 2.89. The Morgan fingerprint density at radius 2 is 2.26 bits per heavy atom. The van der Waals surface area contributed by atoms with Gasteiger partial charge in [0.15, 0.2) is 0 Å². The first kappa shape index (κ1) is 12.6. The lowest BCUT2D eigenvalue weighted by molar-refractivity contribution is 0.208. The van der Waals surface area contributed by atoms with Crippen molar-refractivity contribution in [1.82, 2.24) is 14.5 Å². The van der Waals surface area contributed by atoms with Gasteiger partial charge < -0.3 is 9.64 Å². The Hall–Kier alpha value is -1.45. The molecule has 0 fully saturated rings. The summed E-state index contributed by atoms with van der Waals surface area (Å²) in [4.78, 5) is 6.77. The fraction of sp³-hybridized carbons (Fsp3) is 0.667.